The van der Waals surface area contributed by atoms with Crippen LogP contribution in [0, 0.1) is 25.2 Å². The number of anilines is 1. The van der Waals surface area contributed by atoms with E-state index in [0.717, 1.165) is 21.6 Å². The van der Waals surface area contributed by atoms with Crippen LogP contribution in [-0.4, -0.2) is 4.98 Å². The molecule has 0 radical (unpaired) electrons. The predicted octanol–water partition coefficient (Wildman–Crippen LogP) is 3.54. The van der Waals surface area contributed by atoms with Gasteiger partial charge in [-0.05, 0) is 32.0 Å². The first kappa shape index (κ1) is 12.7. The molecule has 0 aliphatic heterocycles. The van der Waals surface area contributed by atoms with Crippen molar-refractivity contribution in [2.24, 2.45) is 0 Å². The quantitative estimate of drug-likeness (QED) is 0.942. The first-order valence-electron chi connectivity index (χ1n) is 5.46. The summed E-state index contributed by atoms with van der Waals surface area (Å²) in [7, 11) is 0. The van der Waals surface area contributed by atoms with Gasteiger partial charge < -0.3 is 9.73 Å². The van der Waals surface area contributed by atoms with Gasteiger partial charge in [0.15, 0.2) is 0 Å². The van der Waals surface area contributed by atoms with Crippen molar-refractivity contribution in [1.82, 2.24) is 4.98 Å². The van der Waals surface area contributed by atoms with Gasteiger partial charge in [0, 0.05) is 10.2 Å². The second kappa shape index (κ2) is 5.23. The van der Waals surface area contributed by atoms with Crippen molar-refractivity contribution >= 4 is 21.6 Å². The molecule has 4 nitrogen and oxygen atoms in total. The van der Waals surface area contributed by atoms with Crippen LogP contribution in [-0.2, 0) is 6.54 Å². The van der Waals surface area contributed by atoms with E-state index in [9.17, 15) is 0 Å². The summed E-state index contributed by atoms with van der Waals surface area (Å²) in [6.45, 7) is 4.30. The lowest BCUT2D eigenvalue weighted by Gasteiger charge is -2.04. The van der Waals surface area contributed by atoms with Crippen molar-refractivity contribution in [3.63, 3.8) is 0 Å². The highest BCUT2D eigenvalue weighted by molar-refractivity contribution is 9.10. The van der Waals surface area contributed by atoms with E-state index >= 15 is 0 Å². The molecule has 0 atom stereocenters. The van der Waals surface area contributed by atoms with Gasteiger partial charge >= 0.3 is 0 Å². The summed E-state index contributed by atoms with van der Waals surface area (Å²) in [5.41, 5.74) is 2.36. The predicted molar refractivity (Wildman–Crippen MR) is 72.2 cm³/mol. The zero-order valence-corrected chi connectivity index (χ0v) is 11.7. The fourth-order valence-electron chi connectivity index (χ4n) is 1.55. The Morgan fingerprint density at radius 2 is 2.17 bits per heavy atom. The Kier molecular flexibility index (Phi) is 3.68. The molecule has 18 heavy (non-hydrogen) atoms. The Bertz CT molecular complexity index is 594. The number of rotatable bonds is 3. The molecule has 2 aromatic rings. The molecule has 0 aliphatic rings. The maximum absolute atomic E-state index is 8.88. The van der Waals surface area contributed by atoms with Gasteiger partial charge in [0.1, 0.15) is 5.76 Å². The summed E-state index contributed by atoms with van der Waals surface area (Å²) in [6, 6.07) is 7.57. The van der Waals surface area contributed by atoms with E-state index in [-0.39, 0.29) is 0 Å². The highest BCUT2D eigenvalue weighted by atomic mass is 79.9. The summed E-state index contributed by atoms with van der Waals surface area (Å²) in [5.74, 6) is 1.47. The smallest absolute Gasteiger partial charge is 0.213 e. The van der Waals surface area contributed by atoms with E-state index in [4.69, 9.17) is 9.68 Å². The average molecular weight is 306 g/mol. The molecule has 5 heteroatoms. The van der Waals surface area contributed by atoms with Gasteiger partial charge in [0.05, 0.1) is 23.9 Å². The minimum absolute atomic E-state index is 0.496. The molecule has 1 aromatic heterocycles. The van der Waals surface area contributed by atoms with Crippen LogP contribution in [0.3, 0.4) is 0 Å². The number of halogens is 1. The fraction of sp³-hybridized carbons (Fsp3) is 0.231. The molecule has 0 aliphatic carbocycles. The molecule has 92 valence electrons. The molecule has 2 rings (SSSR count). The van der Waals surface area contributed by atoms with Gasteiger partial charge in [-0.15, -0.1) is 0 Å². The third-order valence-electron chi connectivity index (χ3n) is 2.54. The van der Waals surface area contributed by atoms with Crippen LogP contribution in [0.5, 0.6) is 0 Å². The number of hydrogen-bond donors (Lipinski definition) is 1. The molecule has 0 fully saturated rings. The minimum atomic E-state index is 0.496. The normalized spacial score (nSPS) is 10.1. The van der Waals surface area contributed by atoms with Crippen molar-refractivity contribution in [2.45, 2.75) is 20.4 Å². The number of benzene rings is 1. The van der Waals surface area contributed by atoms with E-state index in [1.165, 1.54) is 0 Å². The number of nitrogens with one attached hydrogen (secondary N) is 1. The van der Waals surface area contributed by atoms with Crippen molar-refractivity contribution < 1.29 is 4.42 Å². The SMILES string of the molecule is Cc1nc(CNc2cc(Br)cc(C#N)c2)oc1C. The van der Waals surface area contributed by atoms with Crippen molar-refractivity contribution in [1.29, 1.82) is 5.26 Å². The van der Waals surface area contributed by atoms with Crippen LogP contribution in [0.1, 0.15) is 22.9 Å². The Morgan fingerprint density at radius 3 is 2.78 bits per heavy atom. The van der Waals surface area contributed by atoms with Crippen molar-refractivity contribution in [3.05, 3.63) is 45.6 Å². The Hall–Kier alpha value is -1.80. The molecule has 0 amide bonds. The first-order chi connectivity index (χ1) is 8.58. The van der Waals surface area contributed by atoms with E-state index in [1.54, 1.807) is 12.1 Å². The van der Waals surface area contributed by atoms with E-state index in [1.807, 2.05) is 19.9 Å². The highest BCUT2D eigenvalue weighted by Crippen LogP contribution is 2.20. The third-order valence-corrected chi connectivity index (χ3v) is 3.00. The zero-order valence-electron chi connectivity index (χ0n) is 10.1. The number of nitriles is 1. The molecule has 1 N–H and O–H groups in total. The summed E-state index contributed by atoms with van der Waals surface area (Å²) in [4.78, 5) is 4.28. The fourth-order valence-corrected chi connectivity index (χ4v) is 2.04. The summed E-state index contributed by atoms with van der Waals surface area (Å²) >= 11 is 3.37. The average Bonchev–Trinajstić information content (AvgIpc) is 2.65. The number of oxazole rings is 1. The van der Waals surface area contributed by atoms with Crippen LogP contribution < -0.4 is 5.32 Å². The highest BCUT2D eigenvalue weighted by Gasteiger charge is 2.05. The van der Waals surface area contributed by atoms with Crippen LogP contribution >= 0.6 is 15.9 Å². The lowest BCUT2D eigenvalue weighted by Crippen LogP contribution is -2.00. The Labute approximate surface area is 114 Å². The van der Waals surface area contributed by atoms with E-state index < -0.39 is 0 Å². The molecule has 0 spiro atoms. The second-order valence-corrected chi connectivity index (χ2v) is 4.86. The number of hydrogen-bond acceptors (Lipinski definition) is 4. The molecule has 0 unspecified atom stereocenters. The maximum atomic E-state index is 8.88. The van der Waals surface area contributed by atoms with Crippen molar-refractivity contribution in [3.8, 4) is 6.07 Å². The number of nitrogens with zero attached hydrogens (tertiary/aromatic N) is 2. The third kappa shape index (κ3) is 2.90. The van der Waals surface area contributed by atoms with Crippen LogP contribution in [0.25, 0.3) is 0 Å². The Balaban J connectivity index is 2.11. The largest absolute Gasteiger partial charge is 0.444 e. The summed E-state index contributed by atoms with van der Waals surface area (Å²) in [5, 5.41) is 12.1. The minimum Gasteiger partial charge on any atom is -0.444 e. The molecule has 0 saturated heterocycles. The van der Waals surface area contributed by atoms with Crippen LogP contribution in [0.2, 0.25) is 0 Å². The van der Waals surface area contributed by atoms with Crippen LogP contribution in [0.4, 0.5) is 5.69 Å². The maximum Gasteiger partial charge on any atom is 0.213 e. The first-order valence-corrected chi connectivity index (χ1v) is 6.25. The monoisotopic (exact) mass is 305 g/mol. The van der Waals surface area contributed by atoms with Gasteiger partial charge in [-0.25, -0.2) is 4.98 Å². The Morgan fingerprint density at radius 1 is 1.39 bits per heavy atom. The van der Waals surface area contributed by atoms with Gasteiger partial charge in [-0.2, -0.15) is 5.26 Å². The molecular weight excluding hydrogens is 294 g/mol. The van der Waals surface area contributed by atoms with Gasteiger partial charge in [0.2, 0.25) is 5.89 Å². The van der Waals surface area contributed by atoms with E-state index in [2.05, 4.69) is 32.3 Å². The molecule has 0 saturated carbocycles. The molecule has 0 bridgehead atoms. The van der Waals surface area contributed by atoms with Gasteiger partial charge in [0.25, 0.3) is 0 Å². The van der Waals surface area contributed by atoms with Gasteiger partial charge in [-0.1, -0.05) is 15.9 Å². The topological polar surface area (TPSA) is 61.9 Å². The second-order valence-electron chi connectivity index (χ2n) is 3.94. The van der Waals surface area contributed by atoms with E-state index in [0.29, 0.717) is 18.0 Å². The standard InChI is InChI=1S/C13H12BrN3O/c1-8-9(2)18-13(17-8)7-16-12-4-10(6-15)3-11(14)5-12/h3-5,16H,7H2,1-2H3. The number of aryl methyl sites for hydroxylation is 2. The summed E-state index contributed by atoms with van der Waals surface area (Å²) < 4.78 is 6.34. The van der Waals surface area contributed by atoms with Crippen LogP contribution in [0.15, 0.2) is 27.1 Å². The summed E-state index contributed by atoms with van der Waals surface area (Å²) in [6.07, 6.45) is 0. The number of aromatic nitrogens is 1. The molecule has 1 heterocycles. The molecular formula is C13H12BrN3O. The molecule has 1 aromatic carbocycles. The van der Waals surface area contributed by atoms with Gasteiger partial charge in [-0.3, -0.25) is 0 Å². The lowest BCUT2D eigenvalue weighted by molar-refractivity contribution is 0.478. The zero-order chi connectivity index (χ0) is 13.1. The lowest BCUT2D eigenvalue weighted by atomic mass is 10.2. The van der Waals surface area contributed by atoms with Crippen molar-refractivity contribution in [2.75, 3.05) is 5.32 Å².